The van der Waals surface area contributed by atoms with Crippen LogP contribution >= 0.6 is 0 Å². The number of hydrogen-bond donors (Lipinski definition) is 0. The van der Waals surface area contributed by atoms with Crippen LogP contribution in [0.4, 0.5) is 26.3 Å². The fourth-order valence-electron chi connectivity index (χ4n) is 2.66. The van der Waals surface area contributed by atoms with Crippen LogP contribution in [0.25, 0.3) is 0 Å². The van der Waals surface area contributed by atoms with Gasteiger partial charge in [0.05, 0.1) is 17.0 Å². The van der Waals surface area contributed by atoms with Crippen LogP contribution in [0.15, 0.2) is 36.8 Å². The molecule has 26 heavy (non-hydrogen) atoms. The Morgan fingerprint density at radius 1 is 0.962 bits per heavy atom. The third kappa shape index (κ3) is 4.74. The number of aromatic nitrogens is 2. The van der Waals surface area contributed by atoms with Crippen molar-refractivity contribution in [2.45, 2.75) is 51.5 Å². The summed E-state index contributed by atoms with van der Waals surface area (Å²) in [6, 6.07) is 3.28. The highest BCUT2D eigenvalue weighted by atomic mass is 19.4. The minimum Gasteiger partial charge on any atom is -0.260 e. The fraction of sp³-hybridized carbons (Fsp3) is 0.444. The molecule has 0 N–H and O–H groups in total. The van der Waals surface area contributed by atoms with E-state index in [-0.39, 0.29) is 17.4 Å². The van der Waals surface area contributed by atoms with Gasteiger partial charge in [0.2, 0.25) is 0 Å². The predicted octanol–water partition coefficient (Wildman–Crippen LogP) is 5.33. The van der Waals surface area contributed by atoms with E-state index in [1.54, 1.807) is 25.3 Å². The standard InChI is InChI=1S/C18H19F6N2/c1-11(2)14-10-26(7-6-15(14)18(22,23)24)9-12(3)16-5-4-13(8-25-16)17(19,20)21/h4-8,10-12H,9H2,1-3H3/q+1/t12-/m0/s1. The Morgan fingerprint density at radius 3 is 2.08 bits per heavy atom. The zero-order chi connectivity index (χ0) is 19.7. The molecule has 0 saturated heterocycles. The van der Waals surface area contributed by atoms with Crippen molar-refractivity contribution in [3.8, 4) is 0 Å². The van der Waals surface area contributed by atoms with Crippen molar-refractivity contribution in [1.29, 1.82) is 0 Å². The number of hydrogen-bond acceptors (Lipinski definition) is 1. The summed E-state index contributed by atoms with van der Waals surface area (Å²) in [5, 5.41) is 0. The first-order valence-corrected chi connectivity index (χ1v) is 8.03. The zero-order valence-corrected chi connectivity index (χ0v) is 14.5. The van der Waals surface area contributed by atoms with Gasteiger partial charge in [-0.05, 0) is 18.1 Å². The SMILES string of the molecule is CC(C)c1c[n+](C[C@H](C)c2ccc(C(F)(F)F)cn2)ccc1C(F)(F)F. The first kappa shape index (κ1) is 20.2. The van der Waals surface area contributed by atoms with E-state index in [1.165, 1.54) is 18.5 Å². The van der Waals surface area contributed by atoms with Crippen molar-refractivity contribution in [2.24, 2.45) is 0 Å². The van der Waals surface area contributed by atoms with Gasteiger partial charge in [0.1, 0.15) is 0 Å². The normalized spacial score (nSPS) is 13.9. The monoisotopic (exact) mass is 377 g/mol. The first-order valence-electron chi connectivity index (χ1n) is 8.03. The molecule has 142 valence electrons. The van der Waals surface area contributed by atoms with Gasteiger partial charge in [-0.1, -0.05) is 20.8 Å². The summed E-state index contributed by atoms with van der Waals surface area (Å²) in [6.07, 6.45) is -5.35. The molecule has 2 rings (SSSR count). The molecule has 0 aliphatic rings. The molecule has 0 aromatic carbocycles. The average molecular weight is 377 g/mol. The maximum atomic E-state index is 13.1. The van der Waals surface area contributed by atoms with E-state index in [0.717, 1.165) is 18.3 Å². The number of alkyl halides is 6. The van der Waals surface area contributed by atoms with Crippen LogP contribution in [0.5, 0.6) is 0 Å². The van der Waals surface area contributed by atoms with Crippen LogP contribution in [-0.4, -0.2) is 4.98 Å². The van der Waals surface area contributed by atoms with E-state index in [2.05, 4.69) is 4.98 Å². The summed E-state index contributed by atoms with van der Waals surface area (Å²) in [7, 11) is 0. The van der Waals surface area contributed by atoms with Gasteiger partial charge in [0.25, 0.3) is 0 Å². The van der Waals surface area contributed by atoms with E-state index in [4.69, 9.17) is 0 Å². The van der Waals surface area contributed by atoms with E-state index >= 15 is 0 Å². The molecule has 0 fully saturated rings. The van der Waals surface area contributed by atoms with Gasteiger partial charge < -0.3 is 0 Å². The highest BCUT2D eigenvalue weighted by Gasteiger charge is 2.36. The summed E-state index contributed by atoms with van der Waals surface area (Å²) in [5.41, 5.74) is -0.897. The lowest BCUT2D eigenvalue weighted by molar-refractivity contribution is -0.699. The molecular weight excluding hydrogens is 358 g/mol. The van der Waals surface area contributed by atoms with Crippen molar-refractivity contribution in [2.75, 3.05) is 0 Å². The molecule has 2 aromatic rings. The molecule has 0 aliphatic heterocycles. The third-order valence-corrected chi connectivity index (χ3v) is 4.08. The fourth-order valence-corrected chi connectivity index (χ4v) is 2.66. The largest absolute Gasteiger partial charge is 0.417 e. The Hall–Kier alpha value is -2.12. The summed E-state index contributed by atoms with van der Waals surface area (Å²) in [6.45, 7) is 5.41. The summed E-state index contributed by atoms with van der Waals surface area (Å²) in [5.74, 6) is -0.586. The molecule has 0 bridgehead atoms. The van der Waals surface area contributed by atoms with Gasteiger partial charge in [-0.25, -0.2) is 4.57 Å². The van der Waals surface area contributed by atoms with Crippen molar-refractivity contribution < 1.29 is 30.9 Å². The second kappa shape index (κ2) is 7.25. The van der Waals surface area contributed by atoms with E-state index in [9.17, 15) is 26.3 Å². The summed E-state index contributed by atoms with van der Waals surface area (Å²) < 4.78 is 78.6. The molecule has 0 aliphatic carbocycles. The second-order valence-electron chi connectivity index (χ2n) is 6.53. The maximum Gasteiger partial charge on any atom is 0.417 e. The Balaban J connectivity index is 2.24. The number of halogens is 6. The Kier molecular flexibility index (Phi) is 5.63. The molecule has 2 nitrogen and oxygen atoms in total. The van der Waals surface area contributed by atoms with E-state index < -0.39 is 23.5 Å². The average Bonchev–Trinajstić information content (AvgIpc) is 2.53. The molecule has 2 heterocycles. The third-order valence-electron chi connectivity index (χ3n) is 4.08. The van der Waals surface area contributed by atoms with Gasteiger partial charge in [-0.15, -0.1) is 0 Å². The lowest BCUT2D eigenvalue weighted by Crippen LogP contribution is -2.37. The van der Waals surface area contributed by atoms with Crippen molar-refractivity contribution in [3.63, 3.8) is 0 Å². The Morgan fingerprint density at radius 2 is 1.62 bits per heavy atom. The van der Waals surface area contributed by atoms with E-state index in [0.29, 0.717) is 12.2 Å². The molecule has 0 spiro atoms. The van der Waals surface area contributed by atoms with Crippen molar-refractivity contribution >= 4 is 0 Å². The predicted molar refractivity (Wildman–Crippen MR) is 83.4 cm³/mol. The summed E-state index contributed by atoms with van der Waals surface area (Å²) >= 11 is 0. The molecule has 0 saturated carbocycles. The van der Waals surface area contributed by atoms with Crippen LogP contribution in [0.3, 0.4) is 0 Å². The highest BCUT2D eigenvalue weighted by Crippen LogP contribution is 2.34. The van der Waals surface area contributed by atoms with Crippen LogP contribution in [-0.2, 0) is 18.9 Å². The highest BCUT2D eigenvalue weighted by molar-refractivity contribution is 5.27. The molecule has 2 aromatic heterocycles. The lowest BCUT2D eigenvalue weighted by Gasteiger charge is -2.15. The van der Waals surface area contributed by atoms with Crippen LogP contribution in [0, 0.1) is 0 Å². The number of rotatable bonds is 4. The number of pyridine rings is 2. The topological polar surface area (TPSA) is 16.8 Å². The smallest absolute Gasteiger partial charge is 0.260 e. The molecular formula is C18H19F6N2+. The Bertz CT molecular complexity index is 748. The van der Waals surface area contributed by atoms with Gasteiger partial charge in [0, 0.05) is 23.5 Å². The maximum absolute atomic E-state index is 13.1. The molecule has 8 heteroatoms. The van der Waals surface area contributed by atoms with Crippen LogP contribution < -0.4 is 4.57 Å². The van der Waals surface area contributed by atoms with Gasteiger partial charge in [0.15, 0.2) is 18.9 Å². The second-order valence-corrected chi connectivity index (χ2v) is 6.53. The molecule has 0 unspecified atom stereocenters. The quantitative estimate of drug-likeness (QED) is 0.520. The van der Waals surface area contributed by atoms with Crippen molar-refractivity contribution in [3.05, 3.63) is 59.2 Å². The van der Waals surface area contributed by atoms with Crippen LogP contribution in [0.2, 0.25) is 0 Å². The lowest BCUT2D eigenvalue weighted by atomic mass is 9.98. The molecule has 1 atom stereocenters. The minimum absolute atomic E-state index is 0.174. The number of nitrogens with zero attached hydrogens (tertiary/aromatic N) is 2. The van der Waals surface area contributed by atoms with E-state index in [1.807, 2.05) is 0 Å². The van der Waals surface area contributed by atoms with Crippen molar-refractivity contribution in [1.82, 2.24) is 4.98 Å². The van der Waals surface area contributed by atoms with Gasteiger partial charge in [-0.3, -0.25) is 4.98 Å². The van der Waals surface area contributed by atoms with Gasteiger partial charge >= 0.3 is 12.4 Å². The Labute approximate surface area is 147 Å². The first-order chi connectivity index (χ1) is 11.9. The molecule has 0 radical (unpaired) electrons. The summed E-state index contributed by atoms with van der Waals surface area (Å²) in [4.78, 5) is 3.84. The minimum atomic E-state index is -4.46. The zero-order valence-electron chi connectivity index (χ0n) is 14.5. The molecule has 0 amide bonds. The van der Waals surface area contributed by atoms with Gasteiger partial charge in [-0.2, -0.15) is 26.3 Å². The van der Waals surface area contributed by atoms with Crippen LogP contribution in [0.1, 0.15) is 55.0 Å².